The van der Waals surface area contributed by atoms with Crippen LogP contribution in [0.2, 0.25) is 0 Å². The van der Waals surface area contributed by atoms with E-state index in [1.54, 1.807) is 38.1 Å². The van der Waals surface area contributed by atoms with E-state index in [1.165, 1.54) is 38.2 Å². The summed E-state index contributed by atoms with van der Waals surface area (Å²) in [6.07, 6.45) is 0.876. The molecule has 0 saturated heterocycles. The van der Waals surface area contributed by atoms with Gasteiger partial charge in [0.05, 0.1) is 25.4 Å². The zero-order chi connectivity index (χ0) is 27.9. The van der Waals surface area contributed by atoms with Crippen molar-refractivity contribution < 1.29 is 32.4 Å². The Hall–Kier alpha value is -3.87. The van der Waals surface area contributed by atoms with Crippen molar-refractivity contribution in [1.82, 2.24) is 10.2 Å². The van der Waals surface area contributed by atoms with Gasteiger partial charge in [-0.05, 0) is 44.5 Å². The number of non-ortho nitro benzene ring substituents is 1. The van der Waals surface area contributed by atoms with E-state index < -0.39 is 39.3 Å². The number of hydrogen-bond acceptors (Lipinski definition) is 8. The molecule has 0 aliphatic rings. The predicted octanol–water partition coefficient (Wildman–Crippen LogP) is 2.32. The van der Waals surface area contributed by atoms with Crippen LogP contribution in [-0.4, -0.2) is 69.2 Å². The Morgan fingerprint density at radius 2 is 1.68 bits per heavy atom. The molecule has 0 radical (unpaired) electrons. The maximum absolute atomic E-state index is 13.6. The van der Waals surface area contributed by atoms with Gasteiger partial charge in [-0.25, -0.2) is 8.42 Å². The molecule has 1 N–H and O–H groups in total. The number of anilines is 1. The lowest BCUT2D eigenvalue weighted by Crippen LogP contribution is -2.52. The Bertz CT molecular complexity index is 1230. The molecule has 1 unspecified atom stereocenters. The minimum absolute atomic E-state index is 0.000810. The molecule has 202 valence electrons. The van der Waals surface area contributed by atoms with Gasteiger partial charge in [-0.15, -0.1) is 0 Å². The van der Waals surface area contributed by atoms with Crippen LogP contribution in [-0.2, 0) is 26.2 Å². The van der Waals surface area contributed by atoms with Gasteiger partial charge in [0, 0.05) is 24.7 Å². The fraction of sp³-hybridized carbons (Fsp3) is 0.417. The molecule has 0 heterocycles. The van der Waals surface area contributed by atoms with E-state index in [2.05, 4.69) is 5.32 Å². The first-order valence-corrected chi connectivity index (χ1v) is 13.2. The monoisotopic (exact) mass is 536 g/mol. The topological polar surface area (TPSA) is 148 Å². The molecule has 0 saturated carbocycles. The molecule has 0 bridgehead atoms. The number of carbonyl (C=O) groups excluding carboxylic acids is 2. The van der Waals surface area contributed by atoms with Gasteiger partial charge in [-0.3, -0.25) is 24.0 Å². The molecular weight excluding hydrogens is 504 g/mol. The molecule has 0 aliphatic heterocycles. The zero-order valence-electron chi connectivity index (χ0n) is 21.6. The molecular formula is C24H32N4O8S. The van der Waals surface area contributed by atoms with Crippen LogP contribution in [0, 0.1) is 10.1 Å². The average molecular weight is 537 g/mol. The molecule has 1 atom stereocenters. The molecule has 0 aromatic heterocycles. The standard InChI is InChI=1S/C24H32N4O8S/c1-16(2)25-24(30)17(3)26(14-18-7-10-20(35-4)11-8-18)23(29)15-27(37(6,33)34)21-13-19(28(31)32)9-12-22(21)36-5/h7-13,16-17H,14-15H2,1-6H3,(H,25,30). The van der Waals surface area contributed by atoms with Crippen LogP contribution in [0.25, 0.3) is 0 Å². The van der Waals surface area contributed by atoms with Crippen molar-refractivity contribution in [2.75, 3.05) is 31.3 Å². The summed E-state index contributed by atoms with van der Waals surface area (Å²) in [7, 11) is -1.30. The van der Waals surface area contributed by atoms with Crippen molar-refractivity contribution in [3.63, 3.8) is 0 Å². The van der Waals surface area contributed by atoms with Crippen LogP contribution in [0.4, 0.5) is 11.4 Å². The third-order valence-corrected chi connectivity index (χ3v) is 6.56. The Morgan fingerprint density at radius 1 is 1.05 bits per heavy atom. The van der Waals surface area contributed by atoms with Gasteiger partial charge in [0.25, 0.3) is 5.69 Å². The zero-order valence-corrected chi connectivity index (χ0v) is 22.4. The number of nitrogens with one attached hydrogen (secondary N) is 1. The number of sulfonamides is 1. The van der Waals surface area contributed by atoms with E-state index in [0.29, 0.717) is 11.3 Å². The van der Waals surface area contributed by atoms with E-state index in [-0.39, 0.29) is 29.7 Å². The number of nitro groups is 1. The second-order valence-corrected chi connectivity index (χ2v) is 10.5. The average Bonchev–Trinajstić information content (AvgIpc) is 2.84. The highest BCUT2D eigenvalue weighted by Crippen LogP contribution is 2.34. The molecule has 2 amide bonds. The van der Waals surface area contributed by atoms with Crippen LogP contribution in [0.3, 0.4) is 0 Å². The highest BCUT2D eigenvalue weighted by atomic mass is 32.2. The van der Waals surface area contributed by atoms with Crippen molar-refractivity contribution in [1.29, 1.82) is 0 Å². The number of rotatable bonds is 12. The van der Waals surface area contributed by atoms with E-state index in [0.717, 1.165) is 16.6 Å². The Kier molecular flexibility index (Phi) is 9.83. The highest BCUT2D eigenvalue weighted by molar-refractivity contribution is 7.92. The molecule has 2 aromatic rings. The highest BCUT2D eigenvalue weighted by Gasteiger charge is 2.32. The van der Waals surface area contributed by atoms with Gasteiger partial charge in [0.15, 0.2) is 0 Å². The van der Waals surface area contributed by atoms with Crippen molar-refractivity contribution in [3.05, 3.63) is 58.1 Å². The number of carbonyl (C=O) groups is 2. The first-order valence-electron chi connectivity index (χ1n) is 11.3. The summed E-state index contributed by atoms with van der Waals surface area (Å²) in [4.78, 5) is 38.3. The molecule has 0 spiro atoms. The van der Waals surface area contributed by atoms with Gasteiger partial charge >= 0.3 is 0 Å². The molecule has 12 nitrogen and oxygen atoms in total. The van der Waals surface area contributed by atoms with Gasteiger partial charge in [-0.2, -0.15) is 0 Å². The fourth-order valence-electron chi connectivity index (χ4n) is 3.50. The maximum atomic E-state index is 13.6. The largest absolute Gasteiger partial charge is 0.497 e. The predicted molar refractivity (Wildman–Crippen MR) is 138 cm³/mol. The summed E-state index contributed by atoms with van der Waals surface area (Å²) in [5, 5.41) is 14.1. The summed E-state index contributed by atoms with van der Waals surface area (Å²) in [5.74, 6) is -0.485. The number of nitro benzene ring substituents is 1. The molecule has 13 heteroatoms. The summed E-state index contributed by atoms with van der Waals surface area (Å²) >= 11 is 0. The van der Waals surface area contributed by atoms with Crippen LogP contribution in [0.1, 0.15) is 26.3 Å². The molecule has 2 rings (SSSR count). The van der Waals surface area contributed by atoms with Gasteiger partial charge < -0.3 is 19.7 Å². The number of benzene rings is 2. The minimum Gasteiger partial charge on any atom is -0.497 e. The Labute approximate surface area is 216 Å². The second kappa shape index (κ2) is 12.4. The summed E-state index contributed by atoms with van der Waals surface area (Å²) < 4.78 is 36.6. The quantitative estimate of drug-likeness (QED) is 0.321. The van der Waals surface area contributed by atoms with E-state index in [4.69, 9.17) is 9.47 Å². The van der Waals surface area contributed by atoms with Crippen LogP contribution in [0.15, 0.2) is 42.5 Å². The SMILES string of the molecule is COc1ccc(CN(C(=O)CN(c2cc([N+](=O)[O-])ccc2OC)S(C)(=O)=O)C(C)C(=O)NC(C)C)cc1. The second-order valence-electron chi connectivity index (χ2n) is 8.59. The van der Waals surface area contributed by atoms with Crippen molar-refractivity contribution in [2.45, 2.75) is 39.4 Å². The van der Waals surface area contributed by atoms with Crippen molar-refractivity contribution >= 4 is 33.2 Å². The van der Waals surface area contributed by atoms with E-state index in [1.807, 2.05) is 0 Å². The number of ether oxygens (including phenoxy) is 2. The van der Waals surface area contributed by atoms with Crippen LogP contribution < -0.4 is 19.1 Å². The van der Waals surface area contributed by atoms with E-state index in [9.17, 15) is 28.1 Å². The summed E-state index contributed by atoms with van der Waals surface area (Å²) in [6.45, 7) is 4.38. The Morgan fingerprint density at radius 3 is 2.16 bits per heavy atom. The summed E-state index contributed by atoms with van der Waals surface area (Å²) in [5.41, 5.74) is 0.130. The van der Waals surface area contributed by atoms with Gasteiger partial charge in [0.1, 0.15) is 29.8 Å². The molecule has 2 aromatic carbocycles. The number of nitrogens with zero attached hydrogens (tertiary/aromatic N) is 3. The van der Waals surface area contributed by atoms with Gasteiger partial charge in [-0.1, -0.05) is 12.1 Å². The number of amides is 2. The third kappa shape index (κ3) is 7.81. The fourth-order valence-corrected chi connectivity index (χ4v) is 4.34. The van der Waals surface area contributed by atoms with Gasteiger partial charge in [0.2, 0.25) is 21.8 Å². The molecule has 0 aliphatic carbocycles. The number of methoxy groups -OCH3 is 2. The third-order valence-electron chi connectivity index (χ3n) is 5.43. The van der Waals surface area contributed by atoms with E-state index >= 15 is 0 Å². The lowest BCUT2D eigenvalue weighted by molar-refractivity contribution is -0.384. The van der Waals surface area contributed by atoms with Crippen molar-refractivity contribution in [2.24, 2.45) is 0 Å². The summed E-state index contributed by atoms with van der Waals surface area (Å²) in [6, 6.07) is 9.16. The maximum Gasteiger partial charge on any atom is 0.271 e. The first kappa shape index (κ1) is 29.4. The lowest BCUT2D eigenvalue weighted by atomic mass is 10.1. The van der Waals surface area contributed by atoms with Crippen molar-refractivity contribution in [3.8, 4) is 11.5 Å². The first-order chi connectivity index (χ1) is 17.3. The smallest absolute Gasteiger partial charge is 0.271 e. The Balaban J connectivity index is 2.51. The molecule has 37 heavy (non-hydrogen) atoms. The lowest BCUT2D eigenvalue weighted by Gasteiger charge is -2.32. The van der Waals surface area contributed by atoms with Crippen LogP contribution in [0.5, 0.6) is 11.5 Å². The van der Waals surface area contributed by atoms with Crippen LogP contribution >= 0.6 is 0 Å². The normalized spacial score (nSPS) is 12.0. The minimum atomic E-state index is -4.10. The number of hydrogen-bond donors (Lipinski definition) is 1. The molecule has 0 fully saturated rings.